The number of fused-ring (bicyclic) bond motifs is 2. The summed E-state index contributed by atoms with van der Waals surface area (Å²) in [5.74, 6) is -0.409. The summed E-state index contributed by atoms with van der Waals surface area (Å²) in [6.45, 7) is 1.94. The van der Waals surface area contributed by atoms with Crippen LogP contribution in [0.3, 0.4) is 0 Å². The predicted octanol–water partition coefficient (Wildman–Crippen LogP) is 2.66. The summed E-state index contributed by atoms with van der Waals surface area (Å²) in [5, 5.41) is 14.8. The van der Waals surface area contributed by atoms with Crippen LogP contribution in [0.1, 0.15) is 16.7 Å². The first-order valence-electron chi connectivity index (χ1n) is 6.82. The van der Waals surface area contributed by atoms with Gasteiger partial charge >= 0.3 is 0 Å². The van der Waals surface area contributed by atoms with E-state index in [2.05, 4.69) is 10.3 Å². The van der Waals surface area contributed by atoms with Crippen LogP contribution in [0.2, 0.25) is 0 Å². The highest BCUT2D eigenvalue weighted by Crippen LogP contribution is 2.43. The molecule has 0 saturated carbocycles. The van der Waals surface area contributed by atoms with Gasteiger partial charge in [0.1, 0.15) is 0 Å². The van der Waals surface area contributed by atoms with Crippen LogP contribution in [0.15, 0.2) is 48.7 Å². The number of hydrogen-bond donors (Lipinski definition) is 3. The van der Waals surface area contributed by atoms with Crippen molar-refractivity contribution in [2.45, 2.75) is 12.5 Å². The lowest BCUT2D eigenvalue weighted by molar-refractivity contribution is -0.129. The van der Waals surface area contributed by atoms with Crippen molar-refractivity contribution in [1.29, 1.82) is 0 Å². The van der Waals surface area contributed by atoms with Gasteiger partial charge in [0.05, 0.1) is 0 Å². The average molecular weight is 278 g/mol. The van der Waals surface area contributed by atoms with Gasteiger partial charge in [-0.1, -0.05) is 35.9 Å². The maximum Gasteiger partial charge on any atom is 0.265 e. The number of carbonyl (C=O) groups is 1. The summed E-state index contributed by atoms with van der Waals surface area (Å²) >= 11 is 0. The van der Waals surface area contributed by atoms with Gasteiger partial charge in [-0.2, -0.15) is 0 Å². The number of H-pyrrole nitrogens is 1. The quantitative estimate of drug-likeness (QED) is 0.640. The molecule has 4 heteroatoms. The van der Waals surface area contributed by atoms with Crippen LogP contribution >= 0.6 is 0 Å². The lowest BCUT2D eigenvalue weighted by atomic mass is 9.86. The second-order valence-electron chi connectivity index (χ2n) is 5.46. The second kappa shape index (κ2) is 3.96. The van der Waals surface area contributed by atoms with Gasteiger partial charge < -0.3 is 15.4 Å². The number of aromatic nitrogens is 1. The molecule has 0 aliphatic carbocycles. The molecule has 1 amide bonds. The third kappa shape index (κ3) is 1.51. The molecule has 0 saturated heterocycles. The number of nitrogens with one attached hydrogen (secondary N) is 2. The van der Waals surface area contributed by atoms with E-state index in [1.807, 2.05) is 49.4 Å². The topological polar surface area (TPSA) is 65.1 Å². The van der Waals surface area contributed by atoms with Gasteiger partial charge in [-0.25, -0.2) is 0 Å². The van der Waals surface area contributed by atoms with Crippen LogP contribution in [-0.4, -0.2) is 16.0 Å². The van der Waals surface area contributed by atoms with Gasteiger partial charge in [-0.15, -0.1) is 0 Å². The van der Waals surface area contributed by atoms with Crippen LogP contribution in [0.5, 0.6) is 0 Å². The fraction of sp³-hybridized carbons (Fsp3) is 0.118. The van der Waals surface area contributed by atoms with Gasteiger partial charge in [-0.3, -0.25) is 4.79 Å². The van der Waals surface area contributed by atoms with Gasteiger partial charge in [0.2, 0.25) is 0 Å². The van der Waals surface area contributed by atoms with E-state index in [1.54, 1.807) is 6.20 Å². The van der Waals surface area contributed by atoms with Crippen LogP contribution in [0.4, 0.5) is 5.69 Å². The van der Waals surface area contributed by atoms with Crippen LogP contribution in [0.25, 0.3) is 10.9 Å². The van der Waals surface area contributed by atoms with Crippen LogP contribution in [-0.2, 0) is 10.4 Å². The molecule has 0 fully saturated rings. The zero-order chi connectivity index (χ0) is 14.6. The highest BCUT2D eigenvalue weighted by Gasteiger charge is 2.48. The summed E-state index contributed by atoms with van der Waals surface area (Å²) in [7, 11) is 0. The summed E-state index contributed by atoms with van der Waals surface area (Å²) in [5.41, 5.74) is 2.11. The number of amides is 1. The van der Waals surface area contributed by atoms with Crippen molar-refractivity contribution in [2.75, 3.05) is 5.32 Å². The molecule has 1 aliphatic heterocycles. The molecule has 1 aromatic heterocycles. The van der Waals surface area contributed by atoms with Gasteiger partial charge in [0, 0.05) is 33.9 Å². The van der Waals surface area contributed by atoms with Gasteiger partial charge in [-0.05, 0) is 19.1 Å². The minimum atomic E-state index is -1.65. The van der Waals surface area contributed by atoms with E-state index in [0.29, 0.717) is 16.8 Å². The Labute approximate surface area is 121 Å². The summed E-state index contributed by atoms with van der Waals surface area (Å²) in [6.07, 6.45) is 1.71. The van der Waals surface area contributed by atoms with Crippen molar-refractivity contribution in [1.82, 2.24) is 4.98 Å². The Hall–Kier alpha value is -2.59. The molecule has 2 aromatic carbocycles. The maximum atomic E-state index is 12.4. The molecule has 3 aromatic rings. The van der Waals surface area contributed by atoms with E-state index >= 15 is 0 Å². The number of benzene rings is 2. The van der Waals surface area contributed by atoms with E-state index in [4.69, 9.17) is 0 Å². The highest BCUT2D eigenvalue weighted by molar-refractivity contribution is 6.09. The summed E-state index contributed by atoms with van der Waals surface area (Å²) < 4.78 is 0. The van der Waals surface area contributed by atoms with E-state index in [1.165, 1.54) is 0 Å². The second-order valence-corrected chi connectivity index (χ2v) is 5.46. The van der Waals surface area contributed by atoms with Crippen molar-refractivity contribution in [2.24, 2.45) is 0 Å². The monoisotopic (exact) mass is 278 g/mol. The Morgan fingerprint density at radius 3 is 2.76 bits per heavy atom. The van der Waals surface area contributed by atoms with Crippen LogP contribution in [0, 0.1) is 6.92 Å². The number of anilines is 1. The SMILES string of the molecule is Cc1ccc2c(c1)[C@@](O)(c1c[nH]c3ccccc13)C(=O)N2. The molecule has 4 rings (SSSR count). The third-order valence-electron chi connectivity index (χ3n) is 4.12. The maximum absolute atomic E-state index is 12.4. The molecule has 104 valence electrons. The van der Waals surface area contributed by atoms with Crippen molar-refractivity contribution >= 4 is 22.5 Å². The molecule has 1 atom stereocenters. The summed E-state index contributed by atoms with van der Waals surface area (Å²) in [4.78, 5) is 15.5. The van der Waals surface area contributed by atoms with Crippen molar-refractivity contribution < 1.29 is 9.90 Å². The summed E-state index contributed by atoms with van der Waals surface area (Å²) in [6, 6.07) is 13.2. The molecular formula is C17H14N2O2. The van der Waals surface area contributed by atoms with E-state index in [9.17, 15) is 9.90 Å². The zero-order valence-corrected chi connectivity index (χ0v) is 11.5. The average Bonchev–Trinajstić information content (AvgIpc) is 3.01. The van der Waals surface area contributed by atoms with E-state index in [0.717, 1.165) is 16.5 Å². The minimum absolute atomic E-state index is 0.409. The number of aryl methyl sites for hydroxylation is 1. The van der Waals surface area contributed by atoms with Gasteiger partial charge in [0.15, 0.2) is 5.60 Å². The number of rotatable bonds is 1. The fourth-order valence-corrected chi connectivity index (χ4v) is 3.04. The Morgan fingerprint density at radius 1 is 1.10 bits per heavy atom. The normalized spacial score (nSPS) is 20.6. The van der Waals surface area contributed by atoms with Crippen molar-refractivity contribution in [3.05, 3.63) is 65.4 Å². The van der Waals surface area contributed by atoms with Crippen LogP contribution < -0.4 is 5.32 Å². The molecule has 0 bridgehead atoms. The zero-order valence-electron chi connectivity index (χ0n) is 11.5. The molecule has 0 radical (unpaired) electrons. The Balaban J connectivity index is 2.03. The lowest BCUT2D eigenvalue weighted by Gasteiger charge is -2.20. The van der Waals surface area contributed by atoms with Crippen molar-refractivity contribution in [3.63, 3.8) is 0 Å². The molecular weight excluding hydrogens is 264 g/mol. The number of hydrogen-bond acceptors (Lipinski definition) is 2. The standard InChI is InChI=1S/C17H14N2O2/c1-10-6-7-15-12(8-10)17(21,16(20)19-15)13-9-18-14-5-3-2-4-11(13)14/h2-9,18,21H,1H3,(H,19,20)/t17-/m1/s1. The third-order valence-corrected chi connectivity index (χ3v) is 4.12. The Kier molecular flexibility index (Phi) is 2.30. The molecule has 0 unspecified atom stereocenters. The number of carbonyl (C=O) groups excluding carboxylic acids is 1. The van der Waals surface area contributed by atoms with E-state index in [-0.39, 0.29) is 0 Å². The number of para-hydroxylation sites is 1. The molecule has 1 aliphatic rings. The largest absolute Gasteiger partial charge is 0.372 e. The lowest BCUT2D eigenvalue weighted by Crippen LogP contribution is -2.35. The molecule has 4 nitrogen and oxygen atoms in total. The van der Waals surface area contributed by atoms with Crippen molar-refractivity contribution in [3.8, 4) is 0 Å². The molecule has 0 spiro atoms. The first-order chi connectivity index (χ1) is 10.1. The first kappa shape index (κ1) is 12.2. The Bertz CT molecular complexity index is 881. The van der Waals surface area contributed by atoms with E-state index < -0.39 is 11.5 Å². The first-order valence-corrected chi connectivity index (χ1v) is 6.82. The smallest absolute Gasteiger partial charge is 0.265 e. The minimum Gasteiger partial charge on any atom is -0.372 e. The highest BCUT2D eigenvalue weighted by atomic mass is 16.3. The fourth-order valence-electron chi connectivity index (χ4n) is 3.04. The molecule has 21 heavy (non-hydrogen) atoms. The number of aliphatic hydroxyl groups is 1. The van der Waals surface area contributed by atoms with Gasteiger partial charge in [0.25, 0.3) is 5.91 Å². The Morgan fingerprint density at radius 2 is 1.90 bits per heavy atom. The molecule has 3 N–H and O–H groups in total. The predicted molar refractivity (Wildman–Crippen MR) is 81.1 cm³/mol. The molecule has 2 heterocycles. The number of aromatic amines is 1.